The summed E-state index contributed by atoms with van der Waals surface area (Å²) in [5.41, 5.74) is 6.11. The molecular formula is C17H24BrN3O2. The lowest BCUT2D eigenvalue weighted by Gasteiger charge is -2.37. The quantitative estimate of drug-likeness (QED) is 0.837. The van der Waals surface area contributed by atoms with Crippen molar-refractivity contribution in [3.05, 3.63) is 34.3 Å². The van der Waals surface area contributed by atoms with Crippen LogP contribution in [0.2, 0.25) is 0 Å². The van der Waals surface area contributed by atoms with Crippen LogP contribution in [0.15, 0.2) is 28.7 Å². The predicted octanol–water partition coefficient (Wildman–Crippen LogP) is 2.00. The van der Waals surface area contributed by atoms with Gasteiger partial charge < -0.3 is 16.0 Å². The molecule has 2 rings (SSSR count). The van der Waals surface area contributed by atoms with Gasteiger partial charge in [0.25, 0.3) is 0 Å². The molecule has 2 amide bonds. The molecular weight excluding hydrogens is 358 g/mol. The maximum absolute atomic E-state index is 12.9. The smallest absolute Gasteiger partial charge is 0.246 e. The van der Waals surface area contributed by atoms with Crippen LogP contribution in [-0.4, -0.2) is 36.3 Å². The highest BCUT2D eigenvalue weighted by atomic mass is 79.9. The average Bonchev–Trinajstić information content (AvgIpc) is 2.53. The minimum absolute atomic E-state index is 0.0352. The number of carbonyl (C=O) groups is 2. The number of rotatable bonds is 4. The molecule has 1 aromatic rings. The van der Waals surface area contributed by atoms with Crippen LogP contribution in [-0.2, 0) is 15.1 Å². The van der Waals surface area contributed by atoms with Crippen LogP contribution in [0, 0.1) is 5.92 Å². The van der Waals surface area contributed by atoms with E-state index in [1.807, 2.05) is 29.2 Å². The van der Waals surface area contributed by atoms with Gasteiger partial charge in [-0.05, 0) is 43.4 Å². The highest BCUT2D eigenvalue weighted by molar-refractivity contribution is 9.10. The lowest BCUT2D eigenvalue weighted by atomic mass is 9.89. The first kappa shape index (κ1) is 17.9. The topological polar surface area (TPSA) is 75.4 Å². The monoisotopic (exact) mass is 381 g/mol. The van der Waals surface area contributed by atoms with Crippen LogP contribution >= 0.6 is 15.9 Å². The molecule has 0 spiro atoms. The molecule has 1 aliphatic rings. The van der Waals surface area contributed by atoms with E-state index in [9.17, 15) is 9.59 Å². The van der Waals surface area contributed by atoms with Gasteiger partial charge in [-0.25, -0.2) is 0 Å². The number of halogens is 1. The van der Waals surface area contributed by atoms with Crippen LogP contribution in [0.3, 0.4) is 0 Å². The zero-order valence-electron chi connectivity index (χ0n) is 13.6. The Balaban J connectivity index is 2.05. The van der Waals surface area contributed by atoms with E-state index < -0.39 is 5.54 Å². The van der Waals surface area contributed by atoms with Gasteiger partial charge in [0.2, 0.25) is 11.8 Å². The summed E-state index contributed by atoms with van der Waals surface area (Å²) >= 11 is 3.39. The van der Waals surface area contributed by atoms with Gasteiger partial charge in [0, 0.05) is 31.0 Å². The van der Waals surface area contributed by atoms with Gasteiger partial charge in [-0.1, -0.05) is 28.1 Å². The van der Waals surface area contributed by atoms with Crippen LogP contribution in [0.5, 0.6) is 0 Å². The molecule has 2 atom stereocenters. The average molecular weight is 382 g/mol. The van der Waals surface area contributed by atoms with Gasteiger partial charge in [-0.15, -0.1) is 0 Å². The minimum atomic E-state index is -1.05. The van der Waals surface area contributed by atoms with Gasteiger partial charge in [-0.2, -0.15) is 0 Å². The Morgan fingerprint density at radius 2 is 2.04 bits per heavy atom. The number of nitrogens with zero attached hydrogens (tertiary/aromatic N) is 1. The summed E-state index contributed by atoms with van der Waals surface area (Å²) in [5.74, 6) is 0.191. The number of benzene rings is 1. The fraction of sp³-hybridized carbons (Fsp3) is 0.529. The van der Waals surface area contributed by atoms with Crippen molar-refractivity contribution in [2.75, 3.05) is 19.6 Å². The second-order valence-electron chi connectivity index (χ2n) is 6.41. The number of hydrogen-bond donors (Lipinski definition) is 2. The van der Waals surface area contributed by atoms with E-state index in [2.05, 4.69) is 21.2 Å². The highest BCUT2D eigenvalue weighted by Crippen LogP contribution is 2.25. The molecule has 0 saturated carbocycles. The summed E-state index contributed by atoms with van der Waals surface area (Å²) < 4.78 is 0.956. The van der Waals surface area contributed by atoms with Crippen molar-refractivity contribution >= 4 is 27.7 Å². The van der Waals surface area contributed by atoms with Gasteiger partial charge in [0.15, 0.2) is 0 Å². The summed E-state index contributed by atoms with van der Waals surface area (Å²) in [5, 5.41) is 2.84. The van der Waals surface area contributed by atoms with Crippen molar-refractivity contribution < 1.29 is 9.59 Å². The lowest BCUT2D eigenvalue weighted by Crippen LogP contribution is -2.54. The first-order valence-corrected chi connectivity index (χ1v) is 8.68. The van der Waals surface area contributed by atoms with Gasteiger partial charge >= 0.3 is 0 Å². The molecule has 0 radical (unpaired) electrons. The molecule has 1 aliphatic heterocycles. The minimum Gasteiger partial charge on any atom is -0.356 e. The molecule has 1 aromatic carbocycles. The van der Waals surface area contributed by atoms with E-state index in [4.69, 9.17) is 5.73 Å². The van der Waals surface area contributed by atoms with Crippen molar-refractivity contribution in [3.8, 4) is 0 Å². The molecule has 1 heterocycles. The van der Waals surface area contributed by atoms with E-state index in [1.54, 1.807) is 6.92 Å². The second kappa shape index (κ2) is 7.45. The number of nitrogens with two attached hydrogens (primary N) is 1. The maximum atomic E-state index is 12.9. The molecule has 23 heavy (non-hydrogen) atoms. The van der Waals surface area contributed by atoms with Gasteiger partial charge in [0.05, 0.1) is 0 Å². The Kier molecular flexibility index (Phi) is 5.81. The van der Waals surface area contributed by atoms with E-state index >= 15 is 0 Å². The normalized spacial score (nSPS) is 20.7. The third-order valence-corrected chi connectivity index (χ3v) is 4.86. The van der Waals surface area contributed by atoms with Crippen LogP contribution in [0.1, 0.15) is 32.3 Å². The van der Waals surface area contributed by atoms with Crippen LogP contribution in [0.4, 0.5) is 0 Å². The van der Waals surface area contributed by atoms with E-state index in [0.29, 0.717) is 13.1 Å². The van der Waals surface area contributed by atoms with E-state index in [-0.39, 0.29) is 17.7 Å². The predicted molar refractivity (Wildman–Crippen MR) is 93.7 cm³/mol. The Labute approximate surface area is 145 Å². The molecule has 5 nitrogen and oxygen atoms in total. The van der Waals surface area contributed by atoms with Crippen LogP contribution < -0.4 is 11.1 Å². The standard InChI is InChI=1S/C17H24BrN3O2/c1-12(22)20-10-13-4-3-9-21(11-13)16(23)17(2,19)14-5-7-15(18)8-6-14/h5-8,13H,3-4,9-11,19H2,1-2H3,(H,20,22). The highest BCUT2D eigenvalue weighted by Gasteiger charge is 2.36. The van der Waals surface area contributed by atoms with E-state index in [0.717, 1.165) is 29.4 Å². The summed E-state index contributed by atoms with van der Waals surface area (Å²) in [7, 11) is 0. The molecule has 3 N–H and O–H groups in total. The van der Waals surface area contributed by atoms with E-state index in [1.165, 1.54) is 6.92 Å². The zero-order valence-corrected chi connectivity index (χ0v) is 15.2. The maximum Gasteiger partial charge on any atom is 0.246 e. The van der Waals surface area contributed by atoms with Crippen molar-refractivity contribution in [2.45, 2.75) is 32.2 Å². The van der Waals surface area contributed by atoms with Crippen molar-refractivity contribution in [3.63, 3.8) is 0 Å². The molecule has 1 fully saturated rings. The Hall–Kier alpha value is -1.40. The number of carbonyl (C=O) groups excluding carboxylic acids is 2. The SMILES string of the molecule is CC(=O)NCC1CCCN(C(=O)C(C)(N)c2ccc(Br)cc2)C1. The number of nitrogens with one attached hydrogen (secondary N) is 1. The summed E-state index contributed by atoms with van der Waals surface area (Å²) in [6.07, 6.45) is 1.95. The summed E-state index contributed by atoms with van der Waals surface area (Å²) in [4.78, 5) is 25.8. The molecule has 2 unspecified atom stereocenters. The first-order chi connectivity index (χ1) is 10.8. The number of likely N-dealkylation sites (tertiary alicyclic amines) is 1. The first-order valence-electron chi connectivity index (χ1n) is 7.89. The zero-order chi connectivity index (χ0) is 17.0. The fourth-order valence-corrected chi connectivity index (χ4v) is 3.22. The number of piperidine rings is 1. The Morgan fingerprint density at radius 3 is 2.65 bits per heavy atom. The third-order valence-electron chi connectivity index (χ3n) is 4.33. The van der Waals surface area contributed by atoms with Crippen LogP contribution in [0.25, 0.3) is 0 Å². The Morgan fingerprint density at radius 1 is 1.39 bits per heavy atom. The molecule has 6 heteroatoms. The third kappa shape index (κ3) is 4.54. The number of hydrogen-bond acceptors (Lipinski definition) is 3. The Bertz CT molecular complexity index is 572. The number of amides is 2. The largest absolute Gasteiger partial charge is 0.356 e. The fourth-order valence-electron chi connectivity index (χ4n) is 2.95. The van der Waals surface area contributed by atoms with Gasteiger partial charge in [-0.3, -0.25) is 9.59 Å². The summed E-state index contributed by atoms with van der Waals surface area (Å²) in [6.45, 7) is 5.24. The van der Waals surface area contributed by atoms with Crippen molar-refractivity contribution in [1.29, 1.82) is 0 Å². The molecule has 0 bridgehead atoms. The second-order valence-corrected chi connectivity index (χ2v) is 7.32. The van der Waals surface area contributed by atoms with Crippen molar-refractivity contribution in [1.82, 2.24) is 10.2 Å². The molecule has 126 valence electrons. The van der Waals surface area contributed by atoms with Gasteiger partial charge in [0.1, 0.15) is 5.54 Å². The molecule has 0 aromatic heterocycles. The molecule has 0 aliphatic carbocycles. The lowest BCUT2D eigenvalue weighted by molar-refractivity contribution is -0.138. The summed E-state index contributed by atoms with van der Waals surface area (Å²) in [6, 6.07) is 7.54. The van der Waals surface area contributed by atoms with Crippen molar-refractivity contribution in [2.24, 2.45) is 11.7 Å². The molecule has 1 saturated heterocycles.